The van der Waals surface area contributed by atoms with E-state index in [9.17, 15) is 4.79 Å². The highest BCUT2D eigenvalue weighted by molar-refractivity contribution is 6.30. The summed E-state index contributed by atoms with van der Waals surface area (Å²) >= 11 is 5.83. The third kappa shape index (κ3) is 5.46. The van der Waals surface area contributed by atoms with Crippen molar-refractivity contribution in [2.24, 2.45) is 0 Å². The average Bonchev–Trinajstić information content (AvgIpc) is 2.58. The van der Waals surface area contributed by atoms with Crippen molar-refractivity contribution in [1.82, 2.24) is 0 Å². The van der Waals surface area contributed by atoms with Crippen LogP contribution in [-0.4, -0.2) is 18.1 Å². The first-order chi connectivity index (χ1) is 11.5. The summed E-state index contributed by atoms with van der Waals surface area (Å²) in [5.74, 6) is 1.16. The predicted octanol–water partition coefficient (Wildman–Crippen LogP) is 4.92. The van der Waals surface area contributed by atoms with Crippen molar-refractivity contribution >= 4 is 23.2 Å². The van der Waals surface area contributed by atoms with Gasteiger partial charge in [0.25, 0.3) is 5.91 Å². The van der Waals surface area contributed by atoms with E-state index < -0.39 is 6.10 Å². The van der Waals surface area contributed by atoms with Crippen LogP contribution in [0, 0.1) is 0 Å². The Labute approximate surface area is 147 Å². The van der Waals surface area contributed by atoms with Crippen LogP contribution in [0.1, 0.15) is 27.2 Å². The van der Waals surface area contributed by atoms with E-state index in [0.717, 1.165) is 12.2 Å². The number of hydrogen-bond acceptors (Lipinski definition) is 3. The van der Waals surface area contributed by atoms with Crippen LogP contribution in [0.5, 0.6) is 11.5 Å². The maximum Gasteiger partial charge on any atom is 0.265 e. The van der Waals surface area contributed by atoms with Crippen LogP contribution in [0.4, 0.5) is 5.69 Å². The predicted molar refractivity (Wildman–Crippen MR) is 97.0 cm³/mol. The lowest BCUT2D eigenvalue weighted by atomic mass is 10.2. The largest absolute Gasteiger partial charge is 0.491 e. The first-order valence-corrected chi connectivity index (χ1v) is 8.35. The summed E-state index contributed by atoms with van der Waals surface area (Å²) in [6.07, 6.45) is 0.485. The molecule has 0 aromatic heterocycles. The summed E-state index contributed by atoms with van der Waals surface area (Å²) in [5.41, 5.74) is 0.697. The fourth-order valence-corrected chi connectivity index (χ4v) is 2.07. The Bertz CT molecular complexity index is 655. The molecule has 2 atom stereocenters. The summed E-state index contributed by atoms with van der Waals surface area (Å²) in [6, 6.07) is 14.2. The Balaban J connectivity index is 1.90. The maximum atomic E-state index is 12.2. The van der Waals surface area contributed by atoms with Crippen molar-refractivity contribution in [3.63, 3.8) is 0 Å². The van der Waals surface area contributed by atoms with Crippen molar-refractivity contribution in [3.05, 3.63) is 53.6 Å². The van der Waals surface area contributed by atoms with E-state index in [1.165, 1.54) is 0 Å². The summed E-state index contributed by atoms with van der Waals surface area (Å²) in [5, 5.41) is 3.45. The van der Waals surface area contributed by atoms with Gasteiger partial charge in [-0.1, -0.05) is 18.5 Å². The molecule has 1 amide bonds. The molecule has 0 radical (unpaired) electrons. The van der Waals surface area contributed by atoms with Gasteiger partial charge in [-0.05, 0) is 68.8 Å². The minimum atomic E-state index is -0.623. The zero-order chi connectivity index (χ0) is 17.5. The highest BCUT2D eigenvalue weighted by Gasteiger charge is 2.15. The molecule has 0 aliphatic heterocycles. The van der Waals surface area contributed by atoms with Crippen molar-refractivity contribution in [1.29, 1.82) is 0 Å². The minimum Gasteiger partial charge on any atom is -0.491 e. The van der Waals surface area contributed by atoms with Gasteiger partial charge in [-0.2, -0.15) is 0 Å². The van der Waals surface area contributed by atoms with E-state index in [1.54, 1.807) is 31.2 Å². The molecule has 0 saturated heterocycles. The van der Waals surface area contributed by atoms with E-state index in [-0.39, 0.29) is 12.0 Å². The van der Waals surface area contributed by atoms with Gasteiger partial charge in [-0.3, -0.25) is 4.79 Å². The molecule has 5 heteroatoms. The lowest BCUT2D eigenvalue weighted by molar-refractivity contribution is -0.122. The zero-order valence-electron chi connectivity index (χ0n) is 14.1. The monoisotopic (exact) mass is 347 g/mol. The van der Waals surface area contributed by atoms with Gasteiger partial charge in [-0.25, -0.2) is 0 Å². The molecule has 0 heterocycles. The number of anilines is 1. The Morgan fingerprint density at radius 2 is 1.54 bits per heavy atom. The fraction of sp³-hybridized carbons (Fsp3) is 0.316. The molecule has 0 aliphatic carbocycles. The molecule has 0 bridgehead atoms. The summed E-state index contributed by atoms with van der Waals surface area (Å²) < 4.78 is 11.3. The third-order valence-corrected chi connectivity index (χ3v) is 3.78. The van der Waals surface area contributed by atoms with Gasteiger partial charge < -0.3 is 14.8 Å². The average molecular weight is 348 g/mol. The number of amides is 1. The van der Waals surface area contributed by atoms with Crippen LogP contribution in [0.2, 0.25) is 5.02 Å². The standard InChI is InChI=1S/C19H22ClNO3/c1-4-13(2)23-17-11-7-16(8-12-17)21-19(22)14(3)24-18-9-5-15(20)6-10-18/h5-14H,4H2,1-3H3,(H,21,22). The number of benzene rings is 2. The lowest BCUT2D eigenvalue weighted by Gasteiger charge is -2.16. The molecule has 2 aromatic rings. The molecular formula is C19H22ClNO3. The van der Waals surface area contributed by atoms with Gasteiger partial charge in [0.1, 0.15) is 11.5 Å². The van der Waals surface area contributed by atoms with Crippen LogP contribution in [0.15, 0.2) is 48.5 Å². The Hall–Kier alpha value is -2.20. The number of carbonyl (C=O) groups excluding carboxylic acids is 1. The van der Waals surface area contributed by atoms with Gasteiger partial charge in [0.05, 0.1) is 6.10 Å². The van der Waals surface area contributed by atoms with Crippen molar-refractivity contribution in [3.8, 4) is 11.5 Å². The highest BCUT2D eigenvalue weighted by atomic mass is 35.5. The van der Waals surface area contributed by atoms with Crippen LogP contribution in [-0.2, 0) is 4.79 Å². The lowest BCUT2D eigenvalue weighted by Crippen LogP contribution is -2.30. The quantitative estimate of drug-likeness (QED) is 0.773. The van der Waals surface area contributed by atoms with Crippen LogP contribution in [0.25, 0.3) is 0 Å². The smallest absolute Gasteiger partial charge is 0.265 e. The maximum absolute atomic E-state index is 12.2. The van der Waals surface area contributed by atoms with Crippen molar-refractivity contribution < 1.29 is 14.3 Å². The first kappa shape index (κ1) is 18.1. The zero-order valence-corrected chi connectivity index (χ0v) is 14.8. The molecule has 1 N–H and O–H groups in total. The van der Waals surface area contributed by atoms with Crippen molar-refractivity contribution in [2.45, 2.75) is 39.4 Å². The normalized spacial score (nSPS) is 13.0. The topological polar surface area (TPSA) is 47.6 Å². The molecule has 4 nitrogen and oxygen atoms in total. The molecular weight excluding hydrogens is 326 g/mol. The molecule has 2 rings (SSSR count). The highest BCUT2D eigenvalue weighted by Crippen LogP contribution is 2.19. The van der Waals surface area contributed by atoms with Gasteiger partial charge >= 0.3 is 0 Å². The molecule has 0 aliphatic rings. The minimum absolute atomic E-state index is 0.165. The number of rotatable bonds is 7. The molecule has 0 saturated carbocycles. The summed E-state index contributed by atoms with van der Waals surface area (Å²) in [4.78, 5) is 12.2. The number of halogens is 1. The van der Waals surface area contributed by atoms with E-state index in [4.69, 9.17) is 21.1 Å². The Kier molecular flexibility index (Phi) is 6.50. The Morgan fingerprint density at radius 1 is 1.00 bits per heavy atom. The van der Waals surface area contributed by atoms with E-state index in [0.29, 0.717) is 16.5 Å². The summed E-state index contributed by atoms with van der Waals surface area (Å²) in [7, 11) is 0. The van der Waals surface area contributed by atoms with Crippen LogP contribution in [0.3, 0.4) is 0 Å². The molecule has 128 valence electrons. The van der Waals surface area contributed by atoms with Gasteiger partial charge in [0, 0.05) is 10.7 Å². The summed E-state index contributed by atoms with van der Waals surface area (Å²) in [6.45, 7) is 5.79. The SMILES string of the molecule is CCC(C)Oc1ccc(NC(=O)C(C)Oc2ccc(Cl)cc2)cc1. The van der Waals surface area contributed by atoms with Crippen LogP contribution >= 0.6 is 11.6 Å². The van der Waals surface area contributed by atoms with Gasteiger partial charge in [-0.15, -0.1) is 0 Å². The second-order valence-electron chi connectivity index (χ2n) is 5.56. The number of hydrogen-bond donors (Lipinski definition) is 1. The molecule has 24 heavy (non-hydrogen) atoms. The third-order valence-electron chi connectivity index (χ3n) is 3.53. The second-order valence-corrected chi connectivity index (χ2v) is 6.00. The van der Waals surface area contributed by atoms with Gasteiger partial charge in [0.15, 0.2) is 6.10 Å². The van der Waals surface area contributed by atoms with E-state index >= 15 is 0 Å². The van der Waals surface area contributed by atoms with Crippen molar-refractivity contribution in [2.75, 3.05) is 5.32 Å². The number of carbonyl (C=O) groups is 1. The van der Waals surface area contributed by atoms with E-state index in [2.05, 4.69) is 12.2 Å². The number of ether oxygens (including phenoxy) is 2. The molecule has 0 fully saturated rings. The first-order valence-electron chi connectivity index (χ1n) is 7.97. The molecule has 0 spiro atoms. The number of nitrogens with one attached hydrogen (secondary N) is 1. The second kappa shape index (κ2) is 8.60. The van der Waals surface area contributed by atoms with Crippen LogP contribution < -0.4 is 14.8 Å². The molecule has 2 unspecified atom stereocenters. The Morgan fingerprint density at radius 3 is 2.12 bits per heavy atom. The fourth-order valence-electron chi connectivity index (χ4n) is 1.95. The van der Waals surface area contributed by atoms with E-state index in [1.807, 2.05) is 31.2 Å². The van der Waals surface area contributed by atoms with Gasteiger partial charge in [0.2, 0.25) is 0 Å². The molecule has 2 aromatic carbocycles.